The molecule has 2 heteroatoms. The van der Waals surface area contributed by atoms with E-state index in [0.29, 0.717) is 6.42 Å². The minimum absolute atomic E-state index is 0.543. The van der Waals surface area contributed by atoms with Crippen molar-refractivity contribution >= 4 is 15.9 Å². The lowest BCUT2D eigenvalue weighted by Gasteiger charge is -2.03. The first-order chi connectivity index (χ1) is 5.24. The maximum atomic E-state index is 13.0. The van der Waals surface area contributed by atoms with Gasteiger partial charge in [-0.3, -0.25) is 0 Å². The predicted molar refractivity (Wildman–Crippen MR) is 48.3 cm³/mol. The lowest BCUT2D eigenvalue weighted by Crippen LogP contribution is -1.87. The van der Waals surface area contributed by atoms with E-state index >= 15 is 0 Å². The van der Waals surface area contributed by atoms with Crippen LogP contribution < -0.4 is 0 Å². The van der Waals surface area contributed by atoms with Gasteiger partial charge in [-0.15, -0.1) is 0 Å². The topological polar surface area (TPSA) is 0 Å². The number of hydrogen-bond donors (Lipinski definition) is 0. The molecule has 0 aromatic heterocycles. The Bertz CT molecular complexity index is 218. The van der Waals surface area contributed by atoms with Crippen LogP contribution in [0.2, 0.25) is 0 Å². The van der Waals surface area contributed by atoms with Crippen molar-refractivity contribution < 1.29 is 4.39 Å². The van der Waals surface area contributed by atoms with Crippen LogP contribution in [0.4, 0.5) is 4.39 Å². The van der Waals surface area contributed by atoms with Gasteiger partial charge in [-0.1, -0.05) is 35.0 Å². The van der Waals surface area contributed by atoms with E-state index in [4.69, 9.17) is 0 Å². The number of alkyl halides is 1. The van der Waals surface area contributed by atoms with Gasteiger partial charge in [0.05, 0.1) is 0 Å². The van der Waals surface area contributed by atoms with E-state index in [1.165, 1.54) is 0 Å². The van der Waals surface area contributed by atoms with Crippen LogP contribution >= 0.6 is 15.9 Å². The van der Waals surface area contributed by atoms with Crippen molar-refractivity contribution in [2.45, 2.75) is 19.5 Å². The van der Waals surface area contributed by atoms with Gasteiger partial charge in [-0.05, 0) is 24.1 Å². The molecular formula is C9H10BrF. The largest absolute Gasteiger partial charge is 0.242 e. The van der Waals surface area contributed by atoms with Crippen LogP contribution in [0.3, 0.4) is 0 Å². The molecular weight excluding hydrogens is 207 g/mol. The molecule has 0 fully saturated rings. The van der Waals surface area contributed by atoms with Gasteiger partial charge in [0.15, 0.2) is 0 Å². The van der Waals surface area contributed by atoms with Gasteiger partial charge < -0.3 is 0 Å². The van der Waals surface area contributed by atoms with Gasteiger partial charge in [0.1, 0.15) is 6.17 Å². The number of hydrogen-bond acceptors (Lipinski definition) is 0. The molecule has 1 rings (SSSR count). The molecule has 0 aliphatic heterocycles. The summed E-state index contributed by atoms with van der Waals surface area (Å²) >= 11 is 3.29. The van der Waals surface area contributed by atoms with Crippen LogP contribution in [-0.4, -0.2) is 0 Å². The fourth-order valence-electron chi connectivity index (χ4n) is 0.907. The number of halogens is 2. The Kier molecular flexibility index (Phi) is 3.06. The molecule has 1 atom stereocenters. The third-order valence-corrected chi connectivity index (χ3v) is 2.12. The average molecular weight is 217 g/mol. The summed E-state index contributed by atoms with van der Waals surface area (Å²) in [7, 11) is 0. The summed E-state index contributed by atoms with van der Waals surface area (Å²) in [5, 5.41) is 0. The molecule has 0 aliphatic rings. The van der Waals surface area contributed by atoms with Gasteiger partial charge in [-0.25, -0.2) is 4.39 Å². The maximum absolute atomic E-state index is 13.0. The lowest BCUT2D eigenvalue weighted by atomic mass is 10.1. The summed E-state index contributed by atoms with van der Waals surface area (Å²) in [6.07, 6.45) is -0.273. The summed E-state index contributed by atoms with van der Waals surface area (Å²) in [4.78, 5) is 0. The maximum Gasteiger partial charge on any atom is 0.125 e. The minimum Gasteiger partial charge on any atom is -0.242 e. The molecule has 0 spiro atoms. The van der Waals surface area contributed by atoms with Crippen molar-refractivity contribution in [3.05, 3.63) is 34.3 Å². The van der Waals surface area contributed by atoms with Crippen molar-refractivity contribution in [3.63, 3.8) is 0 Å². The van der Waals surface area contributed by atoms with E-state index < -0.39 is 6.17 Å². The zero-order valence-corrected chi connectivity index (χ0v) is 7.94. The third kappa shape index (κ3) is 2.29. The molecule has 0 radical (unpaired) electrons. The van der Waals surface area contributed by atoms with E-state index in [0.717, 1.165) is 10.0 Å². The summed E-state index contributed by atoms with van der Waals surface area (Å²) in [5.41, 5.74) is 0.760. The first kappa shape index (κ1) is 8.72. The van der Waals surface area contributed by atoms with Crippen LogP contribution in [0.1, 0.15) is 25.1 Å². The predicted octanol–water partition coefficient (Wildman–Crippen LogP) is 3.87. The first-order valence-electron chi connectivity index (χ1n) is 3.63. The minimum atomic E-state index is -0.817. The van der Waals surface area contributed by atoms with Gasteiger partial charge in [-0.2, -0.15) is 0 Å². The fourth-order valence-corrected chi connectivity index (χ4v) is 1.17. The highest BCUT2D eigenvalue weighted by Crippen LogP contribution is 2.22. The standard InChI is InChI=1S/C9H10BrF/c1-2-9(11)7-3-5-8(10)6-4-7/h3-6,9H,2H2,1H3. The third-order valence-electron chi connectivity index (χ3n) is 1.59. The molecule has 0 N–H and O–H groups in total. The van der Waals surface area contributed by atoms with Crippen molar-refractivity contribution in [1.82, 2.24) is 0 Å². The molecule has 0 amide bonds. The Morgan fingerprint density at radius 1 is 1.36 bits per heavy atom. The smallest absolute Gasteiger partial charge is 0.125 e. The van der Waals surface area contributed by atoms with Crippen LogP contribution in [0, 0.1) is 0 Å². The molecule has 1 aromatic carbocycles. The van der Waals surface area contributed by atoms with Crippen LogP contribution in [0.5, 0.6) is 0 Å². The Morgan fingerprint density at radius 3 is 2.36 bits per heavy atom. The van der Waals surface area contributed by atoms with Crippen molar-refractivity contribution in [2.75, 3.05) is 0 Å². The van der Waals surface area contributed by atoms with Crippen LogP contribution in [0.25, 0.3) is 0 Å². The lowest BCUT2D eigenvalue weighted by molar-refractivity contribution is 0.334. The highest BCUT2D eigenvalue weighted by atomic mass is 79.9. The van der Waals surface area contributed by atoms with Crippen molar-refractivity contribution in [2.24, 2.45) is 0 Å². The van der Waals surface area contributed by atoms with E-state index in [2.05, 4.69) is 15.9 Å². The van der Waals surface area contributed by atoms with Gasteiger partial charge in [0.2, 0.25) is 0 Å². The summed E-state index contributed by atoms with van der Waals surface area (Å²) in [6, 6.07) is 7.33. The Hall–Kier alpha value is -0.370. The van der Waals surface area contributed by atoms with Crippen molar-refractivity contribution in [1.29, 1.82) is 0 Å². The Morgan fingerprint density at radius 2 is 1.91 bits per heavy atom. The van der Waals surface area contributed by atoms with Gasteiger partial charge in [0, 0.05) is 4.47 Å². The molecule has 0 nitrogen and oxygen atoms in total. The van der Waals surface area contributed by atoms with Crippen LogP contribution in [0.15, 0.2) is 28.7 Å². The SMILES string of the molecule is CCC(F)c1ccc(Br)cc1. The molecule has 60 valence electrons. The van der Waals surface area contributed by atoms with Crippen LogP contribution in [-0.2, 0) is 0 Å². The second-order valence-electron chi connectivity index (χ2n) is 2.43. The quantitative estimate of drug-likeness (QED) is 0.705. The zero-order chi connectivity index (χ0) is 8.27. The summed E-state index contributed by atoms with van der Waals surface area (Å²) < 4.78 is 14.0. The summed E-state index contributed by atoms with van der Waals surface area (Å²) in [5.74, 6) is 0. The van der Waals surface area contributed by atoms with Crippen molar-refractivity contribution in [3.8, 4) is 0 Å². The van der Waals surface area contributed by atoms with E-state index in [1.807, 2.05) is 19.1 Å². The zero-order valence-electron chi connectivity index (χ0n) is 6.35. The first-order valence-corrected chi connectivity index (χ1v) is 4.43. The molecule has 0 saturated heterocycles. The van der Waals surface area contributed by atoms with E-state index in [9.17, 15) is 4.39 Å². The van der Waals surface area contributed by atoms with Gasteiger partial charge >= 0.3 is 0 Å². The molecule has 11 heavy (non-hydrogen) atoms. The number of benzene rings is 1. The Labute approximate surface area is 74.6 Å². The second-order valence-corrected chi connectivity index (χ2v) is 3.34. The normalized spacial score (nSPS) is 13.0. The summed E-state index contributed by atoms with van der Waals surface area (Å²) in [6.45, 7) is 1.84. The highest BCUT2D eigenvalue weighted by Gasteiger charge is 2.04. The molecule has 0 bridgehead atoms. The molecule has 0 heterocycles. The highest BCUT2D eigenvalue weighted by molar-refractivity contribution is 9.10. The second kappa shape index (κ2) is 3.86. The van der Waals surface area contributed by atoms with E-state index in [1.54, 1.807) is 12.1 Å². The fraction of sp³-hybridized carbons (Fsp3) is 0.333. The Balaban J connectivity index is 2.81. The monoisotopic (exact) mass is 216 g/mol. The average Bonchev–Trinajstić information content (AvgIpc) is 2.05. The van der Waals surface area contributed by atoms with Gasteiger partial charge in [0.25, 0.3) is 0 Å². The molecule has 1 unspecified atom stereocenters. The van der Waals surface area contributed by atoms with E-state index in [-0.39, 0.29) is 0 Å². The number of rotatable bonds is 2. The molecule has 1 aromatic rings. The molecule has 0 aliphatic carbocycles. The molecule has 0 saturated carbocycles.